The van der Waals surface area contributed by atoms with E-state index in [1.807, 2.05) is 11.8 Å². The van der Waals surface area contributed by atoms with Gasteiger partial charge >= 0.3 is 0 Å². The summed E-state index contributed by atoms with van der Waals surface area (Å²) in [7, 11) is 0. The zero-order valence-corrected chi connectivity index (χ0v) is 14.8. The van der Waals surface area contributed by atoms with Crippen LogP contribution in [0.15, 0.2) is 18.2 Å². The highest BCUT2D eigenvalue weighted by Crippen LogP contribution is 2.27. The Kier molecular flexibility index (Phi) is 6.87. The molecule has 1 N–H and O–H groups in total. The van der Waals surface area contributed by atoms with Crippen molar-refractivity contribution >= 4 is 11.6 Å². The maximum atomic E-state index is 13.5. The molecule has 1 aromatic rings. The van der Waals surface area contributed by atoms with Crippen LogP contribution in [0.25, 0.3) is 0 Å². The van der Waals surface area contributed by atoms with E-state index < -0.39 is 10.7 Å². The Morgan fingerprint density at radius 2 is 2.20 bits per heavy atom. The molecule has 2 atom stereocenters. The van der Waals surface area contributed by atoms with Gasteiger partial charge in [-0.25, -0.2) is 4.39 Å². The first kappa shape index (κ1) is 19.3. The molecular formula is C18H26FN3O3. The second kappa shape index (κ2) is 8.89. The summed E-state index contributed by atoms with van der Waals surface area (Å²) in [6, 6.07) is 3.72. The molecule has 138 valence electrons. The number of likely N-dealkylation sites (tertiary alicyclic amines) is 1. The van der Waals surface area contributed by atoms with Gasteiger partial charge in [-0.3, -0.25) is 19.8 Å². The molecule has 0 spiro atoms. The van der Waals surface area contributed by atoms with Crippen molar-refractivity contribution in [2.45, 2.75) is 52.1 Å². The van der Waals surface area contributed by atoms with Crippen LogP contribution in [-0.2, 0) is 11.3 Å². The van der Waals surface area contributed by atoms with E-state index >= 15 is 0 Å². The summed E-state index contributed by atoms with van der Waals surface area (Å²) in [5.41, 5.74) is 0.270. The number of unbranched alkanes of at least 4 members (excludes halogenated alkanes) is 1. The molecular weight excluding hydrogens is 325 g/mol. The summed E-state index contributed by atoms with van der Waals surface area (Å²) >= 11 is 0. The smallest absolute Gasteiger partial charge is 0.274 e. The molecule has 1 fully saturated rings. The van der Waals surface area contributed by atoms with Crippen molar-refractivity contribution in [3.05, 3.63) is 39.7 Å². The lowest BCUT2D eigenvalue weighted by atomic mass is 9.92. The number of benzene rings is 1. The normalized spacial score (nSPS) is 21.1. The second-order valence-electron chi connectivity index (χ2n) is 6.73. The molecule has 1 amide bonds. The molecule has 0 saturated carbocycles. The molecule has 0 aromatic heterocycles. The minimum absolute atomic E-state index is 0.0408. The number of nitrogens with zero attached hydrogens (tertiary/aromatic N) is 2. The Hall–Kier alpha value is -2.02. The van der Waals surface area contributed by atoms with Gasteiger partial charge in [-0.05, 0) is 38.3 Å². The van der Waals surface area contributed by atoms with Gasteiger partial charge in [-0.2, -0.15) is 0 Å². The van der Waals surface area contributed by atoms with Crippen molar-refractivity contribution in [2.24, 2.45) is 5.92 Å². The number of hydrogen-bond acceptors (Lipinski definition) is 4. The molecule has 0 unspecified atom stereocenters. The van der Waals surface area contributed by atoms with E-state index in [1.165, 1.54) is 12.1 Å². The SMILES string of the molecule is CCCCNC(=O)[C@@H]1CC[C@H](C)N(Cc2cc(F)ccc2[N+](=O)[O-])C1. The van der Waals surface area contributed by atoms with Crippen LogP contribution in [0, 0.1) is 21.8 Å². The highest BCUT2D eigenvalue weighted by atomic mass is 19.1. The van der Waals surface area contributed by atoms with E-state index in [-0.39, 0.29) is 30.1 Å². The van der Waals surface area contributed by atoms with Crippen molar-refractivity contribution in [2.75, 3.05) is 13.1 Å². The monoisotopic (exact) mass is 351 g/mol. The molecule has 0 radical (unpaired) electrons. The second-order valence-corrected chi connectivity index (χ2v) is 6.73. The molecule has 1 aliphatic heterocycles. The van der Waals surface area contributed by atoms with Gasteiger partial charge in [0, 0.05) is 37.3 Å². The van der Waals surface area contributed by atoms with Crippen LogP contribution in [-0.4, -0.2) is 34.9 Å². The fourth-order valence-corrected chi connectivity index (χ4v) is 3.22. The van der Waals surface area contributed by atoms with Crippen LogP contribution in [0.2, 0.25) is 0 Å². The third-order valence-corrected chi connectivity index (χ3v) is 4.82. The van der Waals surface area contributed by atoms with Crippen molar-refractivity contribution in [3.63, 3.8) is 0 Å². The number of carbonyl (C=O) groups excluding carboxylic acids is 1. The summed E-state index contributed by atoms with van der Waals surface area (Å²) in [6.45, 7) is 5.59. The van der Waals surface area contributed by atoms with Crippen molar-refractivity contribution < 1.29 is 14.1 Å². The summed E-state index contributed by atoms with van der Waals surface area (Å²) < 4.78 is 13.5. The van der Waals surface area contributed by atoms with E-state index in [0.717, 1.165) is 31.7 Å². The number of nitrogens with one attached hydrogen (secondary N) is 1. The number of hydrogen-bond donors (Lipinski definition) is 1. The summed E-state index contributed by atoms with van der Waals surface area (Å²) in [5.74, 6) is -0.570. The predicted octanol–water partition coefficient (Wildman–Crippen LogP) is 3.25. The predicted molar refractivity (Wildman–Crippen MR) is 93.6 cm³/mol. The minimum atomic E-state index is -0.488. The fraction of sp³-hybridized carbons (Fsp3) is 0.611. The van der Waals surface area contributed by atoms with Crippen molar-refractivity contribution in [3.8, 4) is 0 Å². The van der Waals surface area contributed by atoms with Gasteiger partial charge in [0.1, 0.15) is 5.82 Å². The Morgan fingerprint density at radius 3 is 2.88 bits per heavy atom. The van der Waals surface area contributed by atoms with Gasteiger partial charge in [-0.1, -0.05) is 13.3 Å². The number of carbonyl (C=O) groups is 1. The van der Waals surface area contributed by atoms with E-state index in [2.05, 4.69) is 12.2 Å². The van der Waals surface area contributed by atoms with Crippen LogP contribution >= 0.6 is 0 Å². The Balaban J connectivity index is 2.06. The number of rotatable bonds is 7. The largest absolute Gasteiger partial charge is 0.356 e. The lowest BCUT2D eigenvalue weighted by molar-refractivity contribution is -0.385. The van der Waals surface area contributed by atoms with Crippen molar-refractivity contribution in [1.29, 1.82) is 0 Å². The van der Waals surface area contributed by atoms with Gasteiger partial charge in [0.05, 0.1) is 10.8 Å². The fourth-order valence-electron chi connectivity index (χ4n) is 3.22. The average Bonchev–Trinajstić information content (AvgIpc) is 2.56. The quantitative estimate of drug-likeness (QED) is 0.465. The van der Waals surface area contributed by atoms with E-state index in [1.54, 1.807) is 0 Å². The lowest BCUT2D eigenvalue weighted by Crippen LogP contribution is -2.46. The Labute approximate surface area is 147 Å². The van der Waals surface area contributed by atoms with E-state index in [0.29, 0.717) is 18.7 Å². The van der Waals surface area contributed by atoms with E-state index in [9.17, 15) is 19.3 Å². The third kappa shape index (κ3) is 5.22. The lowest BCUT2D eigenvalue weighted by Gasteiger charge is -2.37. The van der Waals surface area contributed by atoms with Crippen LogP contribution in [0.4, 0.5) is 10.1 Å². The molecule has 0 bridgehead atoms. The zero-order chi connectivity index (χ0) is 18.4. The molecule has 6 nitrogen and oxygen atoms in total. The zero-order valence-electron chi connectivity index (χ0n) is 14.8. The standard InChI is InChI=1S/C18H26FN3O3/c1-3-4-9-20-18(23)14-6-5-13(2)21(11-14)12-15-10-16(19)7-8-17(15)22(24)25/h7-8,10,13-14H,3-6,9,11-12H2,1-2H3,(H,20,23)/t13-,14+/m0/s1. The van der Waals surface area contributed by atoms with Crippen LogP contribution in [0.1, 0.15) is 45.1 Å². The van der Waals surface area contributed by atoms with Crippen LogP contribution < -0.4 is 5.32 Å². The Morgan fingerprint density at radius 1 is 1.44 bits per heavy atom. The summed E-state index contributed by atoms with van der Waals surface area (Å²) in [5, 5.41) is 14.1. The minimum Gasteiger partial charge on any atom is -0.356 e. The number of halogens is 1. The van der Waals surface area contributed by atoms with Crippen LogP contribution in [0.5, 0.6) is 0 Å². The molecule has 7 heteroatoms. The molecule has 1 aromatic carbocycles. The molecule has 1 saturated heterocycles. The van der Waals surface area contributed by atoms with Crippen molar-refractivity contribution in [1.82, 2.24) is 10.2 Å². The molecule has 1 aliphatic rings. The number of nitro groups is 1. The highest BCUT2D eigenvalue weighted by molar-refractivity contribution is 5.78. The maximum absolute atomic E-state index is 13.5. The van der Waals surface area contributed by atoms with Gasteiger partial charge in [0.2, 0.25) is 5.91 Å². The van der Waals surface area contributed by atoms with Gasteiger partial charge in [-0.15, -0.1) is 0 Å². The third-order valence-electron chi connectivity index (χ3n) is 4.82. The average molecular weight is 351 g/mol. The molecule has 0 aliphatic carbocycles. The number of piperidine rings is 1. The summed E-state index contributed by atoms with van der Waals surface area (Å²) in [4.78, 5) is 25.0. The van der Waals surface area contributed by atoms with Crippen LogP contribution in [0.3, 0.4) is 0 Å². The molecule has 2 rings (SSSR count). The summed E-state index contributed by atoms with van der Waals surface area (Å²) in [6.07, 6.45) is 3.63. The Bertz CT molecular complexity index is 624. The van der Waals surface area contributed by atoms with E-state index in [4.69, 9.17) is 0 Å². The topological polar surface area (TPSA) is 75.5 Å². The number of amides is 1. The molecule has 25 heavy (non-hydrogen) atoms. The molecule has 1 heterocycles. The number of nitro benzene ring substituents is 1. The van der Waals surface area contributed by atoms with Gasteiger partial charge in [0.15, 0.2) is 0 Å². The first-order valence-corrected chi connectivity index (χ1v) is 8.87. The first-order chi connectivity index (χ1) is 11.9. The highest BCUT2D eigenvalue weighted by Gasteiger charge is 2.31. The van der Waals surface area contributed by atoms with Gasteiger partial charge < -0.3 is 5.32 Å². The maximum Gasteiger partial charge on any atom is 0.274 e. The van der Waals surface area contributed by atoms with Gasteiger partial charge in [0.25, 0.3) is 5.69 Å². The first-order valence-electron chi connectivity index (χ1n) is 8.87.